The van der Waals surface area contributed by atoms with Crippen molar-refractivity contribution in [2.75, 3.05) is 0 Å². The highest BCUT2D eigenvalue weighted by Crippen LogP contribution is 2.08. The Morgan fingerprint density at radius 1 is 0.650 bits per heavy atom. The van der Waals surface area contributed by atoms with Crippen LogP contribution < -0.4 is 44.6 Å². The summed E-state index contributed by atoms with van der Waals surface area (Å²) in [7, 11) is 0. The summed E-state index contributed by atoms with van der Waals surface area (Å²) in [4.78, 5) is 41.9. The van der Waals surface area contributed by atoms with Gasteiger partial charge in [0, 0.05) is 0 Å². The highest BCUT2D eigenvalue weighted by Gasteiger charge is 2.16. The van der Waals surface area contributed by atoms with Crippen molar-refractivity contribution in [3.05, 3.63) is 40.9 Å². The van der Waals surface area contributed by atoms with Gasteiger partial charge in [0.1, 0.15) is 0 Å². The van der Waals surface area contributed by atoms with Crippen LogP contribution in [0.1, 0.15) is 0 Å². The number of guanidine groups is 2. The van der Waals surface area contributed by atoms with E-state index in [4.69, 9.17) is 21.0 Å². The average molecular weight is 288 g/mol. The van der Waals surface area contributed by atoms with Crippen LogP contribution in [0.3, 0.4) is 0 Å². The molecule has 1 rings (SSSR count). The number of rotatable bonds is 0. The predicted octanol–water partition coefficient (Wildman–Crippen LogP) is -4.91. The Labute approximate surface area is 109 Å². The predicted molar refractivity (Wildman–Crippen MR) is 69.4 cm³/mol. The van der Waals surface area contributed by atoms with E-state index in [2.05, 4.69) is 22.9 Å². The third-order valence-electron chi connectivity index (χ3n) is 1.27. The minimum Gasteiger partial charge on any atom is -0.501 e. The lowest BCUT2D eigenvalue weighted by Gasteiger charge is -1.88. The van der Waals surface area contributed by atoms with Gasteiger partial charge >= 0.3 is 0 Å². The highest BCUT2D eigenvalue weighted by atomic mass is 16.3. The molecule has 0 atom stereocenters. The van der Waals surface area contributed by atoms with Crippen LogP contribution in [-0.4, -0.2) is 22.1 Å². The summed E-state index contributed by atoms with van der Waals surface area (Å²) in [6.45, 7) is 0. The monoisotopic (exact) mass is 288 g/mol. The van der Waals surface area contributed by atoms with Gasteiger partial charge in [0.2, 0.25) is 11.5 Å². The standard InChI is InChI=1S/C6H2O6.2CH5N3/c7-1-2(8)4(10)6(12)5(11)3(1)9;2*2-1(3)4/h7-8H;2*(H5,2,3,4). The summed E-state index contributed by atoms with van der Waals surface area (Å²) in [5.74, 6) is -3.41. The molecule has 0 fully saturated rings. The van der Waals surface area contributed by atoms with Gasteiger partial charge in [-0.3, -0.25) is 30.0 Å². The Morgan fingerprint density at radius 2 is 0.800 bits per heavy atom. The molecule has 12 nitrogen and oxygen atoms in total. The van der Waals surface area contributed by atoms with Crippen LogP contribution >= 0.6 is 0 Å². The number of hydrogen-bond donors (Lipinski definition) is 8. The van der Waals surface area contributed by atoms with Gasteiger partial charge in [-0.25, -0.2) is 0 Å². The molecular weight excluding hydrogens is 276 g/mol. The Morgan fingerprint density at radius 3 is 0.950 bits per heavy atom. The van der Waals surface area contributed by atoms with Crippen LogP contribution in [0.15, 0.2) is 19.2 Å². The Hall–Kier alpha value is -3.44. The molecule has 0 aliphatic rings. The van der Waals surface area contributed by atoms with E-state index in [0.717, 1.165) is 0 Å². The maximum Gasteiger partial charge on any atom is 0.281 e. The number of aromatic hydroxyl groups is 2. The SMILES string of the molecule is N=C(N)N.N=C(N)N.O=c1c(O)c(O)c(=O)c(=O)c1=O. The van der Waals surface area contributed by atoms with Gasteiger partial charge in [0.05, 0.1) is 0 Å². The molecular formula is C8H12N6O6. The third kappa shape index (κ3) is 6.33. The molecule has 1 aromatic rings. The second-order valence-electron chi connectivity index (χ2n) is 2.92. The van der Waals surface area contributed by atoms with Crippen LogP contribution in [0.4, 0.5) is 0 Å². The summed E-state index contributed by atoms with van der Waals surface area (Å²) in [5.41, 5.74) is 11.5. The zero-order valence-electron chi connectivity index (χ0n) is 9.84. The smallest absolute Gasteiger partial charge is 0.281 e. The Bertz CT molecular complexity index is 635. The summed E-state index contributed by atoms with van der Waals surface area (Å²) in [5, 5.41) is 29.3. The zero-order valence-corrected chi connectivity index (χ0v) is 9.84. The van der Waals surface area contributed by atoms with Crippen LogP contribution in [0.2, 0.25) is 0 Å². The van der Waals surface area contributed by atoms with E-state index in [-0.39, 0.29) is 11.9 Å². The number of nitrogens with one attached hydrogen (secondary N) is 2. The fraction of sp³-hybridized carbons (Fsp3) is 0. The second-order valence-corrected chi connectivity index (χ2v) is 2.92. The topological polar surface area (TPSA) is 261 Å². The van der Waals surface area contributed by atoms with Crippen molar-refractivity contribution in [2.24, 2.45) is 22.9 Å². The lowest BCUT2D eigenvalue weighted by atomic mass is 10.3. The molecule has 0 radical (unpaired) electrons. The molecule has 0 bridgehead atoms. The van der Waals surface area contributed by atoms with Gasteiger partial charge in [-0.15, -0.1) is 0 Å². The minimum absolute atomic E-state index is 0.333. The molecule has 0 saturated carbocycles. The van der Waals surface area contributed by atoms with E-state index in [1.807, 2.05) is 0 Å². The minimum atomic E-state index is -1.63. The Kier molecular flexibility index (Phi) is 7.38. The molecule has 0 spiro atoms. The van der Waals surface area contributed by atoms with Crippen LogP contribution in [0, 0.1) is 10.8 Å². The molecule has 0 unspecified atom stereocenters. The first-order valence-corrected chi connectivity index (χ1v) is 4.42. The molecule has 12 N–H and O–H groups in total. The maximum absolute atomic E-state index is 10.5. The van der Waals surface area contributed by atoms with Crippen molar-refractivity contribution in [2.45, 2.75) is 0 Å². The number of hydrogen-bond acceptors (Lipinski definition) is 8. The van der Waals surface area contributed by atoms with Gasteiger partial charge < -0.3 is 33.1 Å². The quantitative estimate of drug-likeness (QED) is 0.0974. The largest absolute Gasteiger partial charge is 0.501 e. The van der Waals surface area contributed by atoms with E-state index in [9.17, 15) is 19.2 Å². The van der Waals surface area contributed by atoms with Crippen LogP contribution in [-0.2, 0) is 0 Å². The molecule has 0 heterocycles. The Balaban J connectivity index is 0. The van der Waals surface area contributed by atoms with Gasteiger partial charge in [-0.1, -0.05) is 0 Å². The van der Waals surface area contributed by atoms with Crippen molar-refractivity contribution in [3.8, 4) is 11.5 Å². The van der Waals surface area contributed by atoms with Gasteiger partial charge in [0.15, 0.2) is 11.9 Å². The van der Waals surface area contributed by atoms with E-state index in [1.165, 1.54) is 0 Å². The maximum atomic E-state index is 10.5. The number of phenols is 2. The molecule has 0 amide bonds. The third-order valence-corrected chi connectivity index (χ3v) is 1.27. The number of phenolic OH excluding ortho intramolecular Hbond substituents is 2. The van der Waals surface area contributed by atoms with Crippen molar-refractivity contribution >= 4 is 11.9 Å². The van der Waals surface area contributed by atoms with E-state index < -0.39 is 33.2 Å². The van der Waals surface area contributed by atoms with E-state index in [1.54, 1.807) is 0 Å². The fourth-order valence-corrected chi connectivity index (χ4v) is 0.636. The molecule has 1 aromatic carbocycles. The molecule has 0 aliphatic carbocycles. The molecule has 12 heteroatoms. The lowest BCUT2D eigenvalue weighted by molar-refractivity contribution is 0.395. The molecule has 0 saturated heterocycles. The first-order valence-electron chi connectivity index (χ1n) is 4.42. The lowest BCUT2D eigenvalue weighted by Crippen LogP contribution is -2.45. The zero-order chi connectivity index (χ0) is 16.6. The van der Waals surface area contributed by atoms with Crippen LogP contribution in [0.5, 0.6) is 11.5 Å². The molecule has 110 valence electrons. The highest BCUT2D eigenvalue weighted by molar-refractivity contribution is 5.72. The first kappa shape index (κ1) is 18.9. The molecule has 0 aliphatic heterocycles. The van der Waals surface area contributed by atoms with Crippen molar-refractivity contribution in [3.63, 3.8) is 0 Å². The number of benzene rings is 1. The second kappa shape index (κ2) is 7.80. The van der Waals surface area contributed by atoms with Gasteiger partial charge in [-0.2, -0.15) is 0 Å². The first-order chi connectivity index (χ1) is 8.93. The van der Waals surface area contributed by atoms with Gasteiger partial charge in [-0.05, 0) is 0 Å². The van der Waals surface area contributed by atoms with Gasteiger partial charge in [0.25, 0.3) is 21.7 Å². The summed E-state index contributed by atoms with van der Waals surface area (Å²) in [6.07, 6.45) is 0. The number of nitrogens with two attached hydrogens (primary N) is 4. The van der Waals surface area contributed by atoms with E-state index >= 15 is 0 Å². The average Bonchev–Trinajstić information content (AvgIpc) is 2.30. The summed E-state index contributed by atoms with van der Waals surface area (Å²) >= 11 is 0. The molecule has 20 heavy (non-hydrogen) atoms. The fourth-order valence-electron chi connectivity index (χ4n) is 0.636. The molecule has 0 aromatic heterocycles. The van der Waals surface area contributed by atoms with Crippen molar-refractivity contribution in [1.82, 2.24) is 0 Å². The van der Waals surface area contributed by atoms with Crippen LogP contribution in [0.25, 0.3) is 0 Å². The van der Waals surface area contributed by atoms with E-state index in [0.29, 0.717) is 0 Å². The van der Waals surface area contributed by atoms with Crippen molar-refractivity contribution in [1.29, 1.82) is 10.8 Å². The summed E-state index contributed by atoms with van der Waals surface area (Å²) in [6, 6.07) is 0. The normalized spacial score (nSPS) is 8.40. The van der Waals surface area contributed by atoms with Crippen molar-refractivity contribution < 1.29 is 10.2 Å². The summed E-state index contributed by atoms with van der Waals surface area (Å²) < 4.78 is 0.